The molecule has 0 aromatic carbocycles. The average Bonchev–Trinajstić information content (AvgIpc) is 3.02. The second-order valence-electron chi connectivity index (χ2n) is 14.8. The lowest BCUT2D eigenvalue weighted by Gasteiger charge is -2.45. The number of hydrogen-bond donors (Lipinski definition) is 3. The summed E-state index contributed by atoms with van der Waals surface area (Å²) < 4.78 is 5.87. The summed E-state index contributed by atoms with van der Waals surface area (Å²) in [6.45, 7) is 28.9. The van der Waals surface area contributed by atoms with Crippen molar-refractivity contribution in [3.05, 3.63) is 0 Å². The van der Waals surface area contributed by atoms with Gasteiger partial charge in [0.1, 0.15) is 0 Å². The maximum Gasteiger partial charge on any atom is 0.0831 e. The van der Waals surface area contributed by atoms with Gasteiger partial charge in [0, 0.05) is 44.8 Å². The van der Waals surface area contributed by atoms with Gasteiger partial charge in [0.15, 0.2) is 0 Å². The molecule has 248 valence electrons. The average molecular weight is 593 g/mol. The summed E-state index contributed by atoms with van der Waals surface area (Å²) >= 11 is 0. The van der Waals surface area contributed by atoms with Crippen LogP contribution in [0.15, 0.2) is 0 Å². The van der Waals surface area contributed by atoms with Crippen LogP contribution in [0.5, 0.6) is 0 Å². The Morgan fingerprint density at radius 2 is 1.07 bits per heavy atom. The highest BCUT2D eigenvalue weighted by molar-refractivity contribution is 4.92. The van der Waals surface area contributed by atoms with E-state index in [-0.39, 0.29) is 5.60 Å². The van der Waals surface area contributed by atoms with Gasteiger partial charge in [-0.25, -0.2) is 0 Å². The van der Waals surface area contributed by atoms with Gasteiger partial charge in [-0.1, -0.05) is 13.8 Å². The highest BCUT2D eigenvalue weighted by Crippen LogP contribution is 2.40. The van der Waals surface area contributed by atoms with Gasteiger partial charge in [0.05, 0.1) is 12.2 Å². The van der Waals surface area contributed by atoms with Crippen molar-refractivity contribution in [2.24, 2.45) is 10.8 Å². The van der Waals surface area contributed by atoms with Crippen LogP contribution in [0.25, 0.3) is 0 Å². The predicted molar refractivity (Wildman–Crippen MR) is 181 cm³/mol. The third kappa shape index (κ3) is 11.0. The first-order chi connectivity index (χ1) is 20.2. The molecule has 0 aromatic heterocycles. The Hall–Kier alpha value is -0.280. The van der Waals surface area contributed by atoms with E-state index in [1.54, 1.807) is 0 Å². The first kappa shape index (κ1) is 36.2. The highest BCUT2D eigenvalue weighted by Gasteiger charge is 2.37. The minimum Gasteiger partial charge on any atom is -0.372 e. The van der Waals surface area contributed by atoms with E-state index in [2.05, 4.69) is 65.4 Å². The predicted octanol–water partition coefficient (Wildman–Crippen LogP) is 4.82. The van der Waals surface area contributed by atoms with Crippen molar-refractivity contribution >= 4 is 0 Å². The van der Waals surface area contributed by atoms with Crippen molar-refractivity contribution < 1.29 is 4.74 Å². The Kier molecular flexibility index (Phi) is 15.5. The lowest BCUT2D eigenvalue weighted by Crippen LogP contribution is -2.55. The summed E-state index contributed by atoms with van der Waals surface area (Å²) in [6, 6.07) is 1.48. The monoisotopic (exact) mass is 593 g/mol. The van der Waals surface area contributed by atoms with E-state index in [1.807, 2.05) is 13.8 Å². The van der Waals surface area contributed by atoms with Crippen LogP contribution in [0.4, 0.5) is 0 Å². The van der Waals surface area contributed by atoms with Gasteiger partial charge in [-0.2, -0.15) is 0 Å². The Balaban J connectivity index is 0.000000168. The molecular weight excluding hydrogens is 520 g/mol. The molecule has 7 nitrogen and oxygen atoms in total. The van der Waals surface area contributed by atoms with Crippen LogP contribution in [0.2, 0.25) is 0 Å². The quantitative estimate of drug-likeness (QED) is 0.425. The first-order valence-corrected chi connectivity index (χ1v) is 18.2. The normalized spacial score (nSPS) is 27.9. The molecule has 0 unspecified atom stereocenters. The Morgan fingerprint density at radius 1 is 0.548 bits per heavy atom. The van der Waals surface area contributed by atoms with Gasteiger partial charge in [0.2, 0.25) is 0 Å². The molecule has 6 aliphatic heterocycles. The molecule has 0 bridgehead atoms. The molecule has 6 aliphatic rings. The zero-order valence-corrected chi connectivity index (χ0v) is 29.2. The summed E-state index contributed by atoms with van der Waals surface area (Å²) in [5.74, 6) is 0. The van der Waals surface area contributed by atoms with Gasteiger partial charge in [-0.05, 0) is 156 Å². The number of morpholine rings is 1. The Bertz CT molecular complexity index is 640. The molecule has 0 atom stereocenters. The summed E-state index contributed by atoms with van der Waals surface area (Å²) in [5.41, 5.74) is 1.57. The molecule has 6 saturated heterocycles. The van der Waals surface area contributed by atoms with Crippen molar-refractivity contribution in [3.8, 4) is 0 Å². The lowest BCUT2D eigenvalue weighted by molar-refractivity contribution is -0.0969. The van der Waals surface area contributed by atoms with Gasteiger partial charge < -0.3 is 35.4 Å². The smallest absolute Gasteiger partial charge is 0.0831 e. The van der Waals surface area contributed by atoms with Crippen LogP contribution in [-0.2, 0) is 4.74 Å². The minimum atomic E-state index is 0.185. The molecule has 3 N–H and O–H groups in total. The van der Waals surface area contributed by atoms with Crippen LogP contribution in [0.3, 0.4) is 0 Å². The number of ether oxygens (including phenoxy) is 1. The summed E-state index contributed by atoms with van der Waals surface area (Å²) in [7, 11) is 2.18. The highest BCUT2D eigenvalue weighted by atomic mass is 16.5. The van der Waals surface area contributed by atoms with Crippen molar-refractivity contribution in [3.63, 3.8) is 0 Å². The molecular formula is C35H72N6O. The number of nitrogens with one attached hydrogen (secondary N) is 3. The summed E-state index contributed by atoms with van der Waals surface area (Å²) in [6.07, 6.45) is 13.8. The van der Waals surface area contributed by atoms with Crippen LogP contribution in [-0.4, -0.2) is 125 Å². The van der Waals surface area contributed by atoms with Crippen LogP contribution < -0.4 is 16.0 Å². The summed E-state index contributed by atoms with van der Waals surface area (Å²) in [5, 5.41) is 10.5. The molecule has 0 amide bonds. The zero-order valence-electron chi connectivity index (χ0n) is 29.2. The fourth-order valence-corrected chi connectivity index (χ4v) is 8.00. The standard InChI is InChI=1S/2C12H24N2.C9H18N2O.C2H6/c1-11(2)14-9-5-12(6-10-14)3-7-13-8-4-12;1-11(2)14-8-5-12(6-9-14)4-3-7-13-10-12;1-11-5-2-9(3-6-11)8-10-4-7-12-9;1-2/h2*11,13H,3-10H2,1-2H3;10H,2-8H2,1H3;1-2H3. The van der Waals surface area contributed by atoms with Crippen molar-refractivity contribution in [1.29, 1.82) is 0 Å². The molecule has 6 fully saturated rings. The van der Waals surface area contributed by atoms with Crippen LogP contribution in [0, 0.1) is 10.8 Å². The minimum absolute atomic E-state index is 0.185. The molecule has 6 rings (SSSR count). The Labute approximate surface area is 261 Å². The fourth-order valence-electron chi connectivity index (χ4n) is 8.00. The largest absolute Gasteiger partial charge is 0.372 e. The van der Waals surface area contributed by atoms with E-state index < -0.39 is 0 Å². The van der Waals surface area contributed by atoms with E-state index >= 15 is 0 Å². The molecule has 3 spiro atoms. The molecule has 0 radical (unpaired) electrons. The fraction of sp³-hybridized carbons (Fsp3) is 1.00. The number of nitrogens with zero attached hydrogens (tertiary/aromatic N) is 3. The van der Waals surface area contributed by atoms with Crippen molar-refractivity contribution in [2.45, 2.75) is 123 Å². The molecule has 6 heterocycles. The number of piperidine rings is 5. The third-order valence-corrected chi connectivity index (χ3v) is 11.4. The van der Waals surface area contributed by atoms with Crippen LogP contribution in [0.1, 0.15) is 106 Å². The molecule has 42 heavy (non-hydrogen) atoms. The molecule has 0 aromatic rings. The number of likely N-dealkylation sites (tertiary alicyclic amines) is 3. The van der Waals surface area contributed by atoms with Crippen molar-refractivity contribution in [2.75, 3.05) is 92.2 Å². The second-order valence-corrected chi connectivity index (χ2v) is 14.8. The number of rotatable bonds is 2. The van der Waals surface area contributed by atoms with E-state index in [9.17, 15) is 0 Å². The molecule has 0 aliphatic carbocycles. The van der Waals surface area contributed by atoms with Gasteiger partial charge >= 0.3 is 0 Å². The third-order valence-electron chi connectivity index (χ3n) is 11.4. The summed E-state index contributed by atoms with van der Waals surface area (Å²) in [4.78, 5) is 7.64. The SMILES string of the molecule is CC.CC(C)N1CCC2(CCCNC2)CC1.CC(C)N1CCC2(CCNCC2)CC1.CN1CCC2(CC1)CNCCO2. The molecule has 7 heteroatoms. The first-order valence-electron chi connectivity index (χ1n) is 18.2. The second kappa shape index (κ2) is 18.0. The Morgan fingerprint density at radius 3 is 1.52 bits per heavy atom. The maximum absolute atomic E-state index is 5.87. The van der Waals surface area contributed by atoms with Crippen LogP contribution >= 0.6 is 0 Å². The topological polar surface area (TPSA) is 55.0 Å². The van der Waals surface area contributed by atoms with Gasteiger partial charge in [-0.3, -0.25) is 0 Å². The maximum atomic E-state index is 5.87. The van der Waals surface area contributed by atoms with Gasteiger partial charge in [-0.15, -0.1) is 0 Å². The van der Waals surface area contributed by atoms with Crippen molar-refractivity contribution in [1.82, 2.24) is 30.7 Å². The lowest BCUT2D eigenvalue weighted by atomic mass is 9.71. The zero-order chi connectivity index (χ0) is 30.5. The van der Waals surface area contributed by atoms with E-state index in [1.165, 1.54) is 130 Å². The van der Waals surface area contributed by atoms with E-state index in [4.69, 9.17) is 4.74 Å². The van der Waals surface area contributed by atoms with E-state index in [0.717, 1.165) is 37.2 Å². The number of hydrogen-bond acceptors (Lipinski definition) is 7. The van der Waals surface area contributed by atoms with Gasteiger partial charge in [0.25, 0.3) is 0 Å². The van der Waals surface area contributed by atoms with E-state index in [0.29, 0.717) is 5.41 Å². The molecule has 0 saturated carbocycles.